The molecule has 0 aromatic carbocycles. The normalized spacial score (nSPS) is 15.9. The van der Waals surface area contributed by atoms with Crippen LogP contribution in [0.5, 0.6) is 0 Å². The number of carbonyl (C=O) groups excluding carboxylic acids is 1. The van der Waals surface area contributed by atoms with E-state index in [0.717, 1.165) is 38.5 Å². The summed E-state index contributed by atoms with van der Waals surface area (Å²) in [5.74, 6) is 5.26. The number of nitrogens with one attached hydrogen (secondary N) is 2. The van der Waals surface area contributed by atoms with Gasteiger partial charge in [-0.1, -0.05) is 0 Å². The van der Waals surface area contributed by atoms with E-state index < -0.39 is 0 Å². The summed E-state index contributed by atoms with van der Waals surface area (Å²) < 4.78 is 5.28. The van der Waals surface area contributed by atoms with Crippen LogP contribution in [0.2, 0.25) is 0 Å². The molecule has 1 aliphatic rings. The van der Waals surface area contributed by atoms with Crippen molar-refractivity contribution in [3.63, 3.8) is 0 Å². The van der Waals surface area contributed by atoms with Gasteiger partial charge in [0.15, 0.2) is 0 Å². The lowest BCUT2D eigenvalue weighted by molar-refractivity contribution is 0.0383. The summed E-state index contributed by atoms with van der Waals surface area (Å²) in [5.41, 5.74) is 4.38. The molecular weight excluding hydrogens is 258 g/mol. The lowest BCUT2D eigenvalue weighted by Crippen LogP contribution is -2.41. The highest BCUT2D eigenvalue weighted by Crippen LogP contribution is 2.13. The van der Waals surface area contributed by atoms with Gasteiger partial charge in [-0.25, -0.2) is 0 Å². The number of hydrogen-bond acceptors (Lipinski definition) is 6. The maximum atomic E-state index is 12.1. The highest BCUT2D eigenvalue weighted by Gasteiger charge is 2.13. The number of nitrogen functional groups attached to an aromatic ring is 1. The van der Waals surface area contributed by atoms with Crippen molar-refractivity contribution in [1.29, 1.82) is 0 Å². The van der Waals surface area contributed by atoms with Crippen LogP contribution in [0, 0.1) is 6.92 Å². The zero-order chi connectivity index (χ0) is 14.4. The molecule has 0 saturated carbocycles. The second-order valence-corrected chi connectivity index (χ2v) is 4.73. The Morgan fingerprint density at radius 3 is 2.95 bits per heavy atom. The van der Waals surface area contributed by atoms with Crippen LogP contribution in [0.3, 0.4) is 0 Å². The number of aromatic nitrogens is 1. The van der Waals surface area contributed by atoms with Crippen LogP contribution < -0.4 is 16.6 Å². The lowest BCUT2D eigenvalue weighted by Gasteiger charge is -2.26. The van der Waals surface area contributed by atoms with Crippen molar-refractivity contribution in [2.45, 2.75) is 6.92 Å². The van der Waals surface area contributed by atoms with Crippen LogP contribution >= 0.6 is 0 Å². The summed E-state index contributed by atoms with van der Waals surface area (Å²) in [5, 5.41) is 2.88. The maximum absolute atomic E-state index is 12.1. The standard InChI is InChI=1S/C13H21N5O2/c1-10-8-12(17-14)11(9-16-10)13(19)15-2-3-18-4-6-20-7-5-18/h8-9H,2-7,14H2,1H3,(H,15,19)(H,16,17). The van der Waals surface area contributed by atoms with Gasteiger partial charge in [0.1, 0.15) is 0 Å². The first-order valence-electron chi connectivity index (χ1n) is 6.72. The van der Waals surface area contributed by atoms with Crippen LogP contribution in [0.25, 0.3) is 0 Å². The van der Waals surface area contributed by atoms with E-state index in [2.05, 4.69) is 20.6 Å². The minimum absolute atomic E-state index is 0.168. The fraction of sp³-hybridized carbons (Fsp3) is 0.538. The zero-order valence-corrected chi connectivity index (χ0v) is 11.7. The molecule has 20 heavy (non-hydrogen) atoms. The topological polar surface area (TPSA) is 92.5 Å². The number of rotatable bonds is 5. The third kappa shape index (κ3) is 3.89. The molecule has 1 saturated heterocycles. The molecule has 0 unspecified atom stereocenters. The number of nitrogens with two attached hydrogens (primary N) is 1. The third-order valence-electron chi connectivity index (χ3n) is 3.26. The fourth-order valence-corrected chi connectivity index (χ4v) is 2.11. The fourth-order valence-electron chi connectivity index (χ4n) is 2.11. The molecule has 0 radical (unpaired) electrons. The van der Waals surface area contributed by atoms with E-state index in [4.69, 9.17) is 10.6 Å². The predicted octanol–water partition coefficient (Wildman–Crippen LogP) is -0.262. The lowest BCUT2D eigenvalue weighted by atomic mass is 10.2. The quantitative estimate of drug-likeness (QED) is 0.508. The molecule has 4 N–H and O–H groups in total. The maximum Gasteiger partial charge on any atom is 0.255 e. The van der Waals surface area contributed by atoms with Crippen LogP contribution in [0.1, 0.15) is 16.1 Å². The second-order valence-electron chi connectivity index (χ2n) is 4.73. The number of ether oxygens (including phenoxy) is 1. The first-order chi connectivity index (χ1) is 9.70. The third-order valence-corrected chi connectivity index (χ3v) is 3.26. The van der Waals surface area contributed by atoms with Crippen LogP contribution in [-0.2, 0) is 4.74 Å². The minimum atomic E-state index is -0.168. The van der Waals surface area contributed by atoms with Gasteiger partial charge in [-0.05, 0) is 13.0 Å². The number of morpholine rings is 1. The molecule has 0 bridgehead atoms. The molecular formula is C13H21N5O2. The summed E-state index contributed by atoms with van der Waals surface area (Å²) in [6, 6.07) is 1.75. The Bertz CT molecular complexity index is 460. The predicted molar refractivity (Wildman–Crippen MR) is 76.4 cm³/mol. The molecule has 2 heterocycles. The largest absolute Gasteiger partial charge is 0.379 e. The zero-order valence-electron chi connectivity index (χ0n) is 11.7. The molecule has 0 aliphatic carbocycles. The van der Waals surface area contributed by atoms with Crippen LogP contribution in [-0.4, -0.2) is 55.2 Å². The molecule has 1 fully saturated rings. The average molecular weight is 279 g/mol. The molecule has 1 aliphatic heterocycles. The van der Waals surface area contributed by atoms with Gasteiger partial charge in [-0.2, -0.15) is 0 Å². The smallest absolute Gasteiger partial charge is 0.255 e. The number of carbonyl (C=O) groups is 1. The summed E-state index contributed by atoms with van der Waals surface area (Å²) in [7, 11) is 0. The Kier molecular flexibility index (Phi) is 5.28. The Morgan fingerprint density at radius 2 is 2.25 bits per heavy atom. The van der Waals surface area contributed by atoms with Gasteiger partial charge in [0, 0.05) is 38.1 Å². The van der Waals surface area contributed by atoms with Gasteiger partial charge in [-0.15, -0.1) is 0 Å². The van der Waals surface area contributed by atoms with Crippen molar-refractivity contribution in [1.82, 2.24) is 15.2 Å². The minimum Gasteiger partial charge on any atom is -0.379 e. The van der Waals surface area contributed by atoms with Crippen molar-refractivity contribution in [2.24, 2.45) is 5.84 Å². The van der Waals surface area contributed by atoms with E-state index in [1.165, 1.54) is 6.20 Å². The van der Waals surface area contributed by atoms with E-state index in [0.29, 0.717) is 17.8 Å². The van der Waals surface area contributed by atoms with E-state index >= 15 is 0 Å². The molecule has 0 atom stereocenters. The molecule has 0 spiro atoms. The van der Waals surface area contributed by atoms with Gasteiger partial charge in [0.25, 0.3) is 5.91 Å². The first kappa shape index (κ1) is 14.7. The molecule has 1 aromatic rings. The Hall–Kier alpha value is -1.70. The summed E-state index contributed by atoms with van der Waals surface area (Å²) in [4.78, 5) is 18.5. The van der Waals surface area contributed by atoms with Crippen molar-refractivity contribution in [3.8, 4) is 0 Å². The number of amides is 1. The first-order valence-corrected chi connectivity index (χ1v) is 6.72. The van der Waals surface area contributed by atoms with E-state index in [1.54, 1.807) is 6.07 Å². The van der Waals surface area contributed by atoms with Crippen molar-refractivity contribution in [3.05, 3.63) is 23.5 Å². The van der Waals surface area contributed by atoms with Gasteiger partial charge in [0.2, 0.25) is 0 Å². The summed E-state index contributed by atoms with van der Waals surface area (Å²) in [6.07, 6.45) is 1.54. The van der Waals surface area contributed by atoms with Gasteiger partial charge < -0.3 is 15.5 Å². The number of anilines is 1. The van der Waals surface area contributed by atoms with Crippen LogP contribution in [0.15, 0.2) is 12.3 Å². The second kappa shape index (κ2) is 7.18. The highest BCUT2D eigenvalue weighted by atomic mass is 16.5. The molecule has 7 nitrogen and oxygen atoms in total. The Morgan fingerprint density at radius 1 is 1.50 bits per heavy atom. The summed E-state index contributed by atoms with van der Waals surface area (Å²) in [6.45, 7) is 6.61. The Labute approximate surface area is 118 Å². The molecule has 7 heteroatoms. The molecule has 1 amide bonds. The summed E-state index contributed by atoms with van der Waals surface area (Å²) >= 11 is 0. The van der Waals surface area contributed by atoms with E-state index in [1.807, 2.05) is 6.92 Å². The van der Waals surface area contributed by atoms with Gasteiger partial charge >= 0.3 is 0 Å². The van der Waals surface area contributed by atoms with Gasteiger partial charge in [-0.3, -0.25) is 20.5 Å². The number of pyridine rings is 1. The molecule has 1 aromatic heterocycles. The van der Waals surface area contributed by atoms with Crippen molar-refractivity contribution < 1.29 is 9.53 Å². The number of aryl methyl sites for hydroxylation is 1. The number of hydrogen-bond donors (Lipinski definition) is 3. The highest BCUT2D eigenvalue weighted by molar-refractivity contribution is 5.99. The number of hydrazine groups is 1. The van der Waals surface area contributed by atoms with E-state index in [9.17, 15) is 4.79 Å². The average Bonchev–Trinajstić information content (AvgIpc) is 2.48. The van der Waals surface area contributed by atoms with Crippen LogP contribution in [0.4, 0.5) is 5.69 Å². The molecule has 2 rings (SSSR count). The molecule has 110 valence electrons. The van der Waals surface area contributed by atoms with Crippen molar-refractivity contribution in [2.75, 3.05) is 44.8 Å². The van der Waals surface area contributed by atoms with Gasteiger partial charge in [0.05, 0.1) is 24.5 Å². The van der Waals surface area contributed by atoms with E-state index in [-0.39, 0.29) is 5.91 Å². The number of nitrogens with zero attached hydrogens (tertiary/aromatic N) is 2. The van der Waals surface area contributed by atoms with Crippen molar-refractivity contribution >= 4 is 11.6 Å². The monoisotopic (exact) mass is 279 g/mol. The Balaban J connectivity index is 1.85. The SMILES string of the molecule is Cc1cc(NN)c(C(=O)NCCN2CCOCC2)cn1.